The Labute approximate surface area is 142 Å². The molecule has 0 saturated heterocycles. The van der Waals surface area contributed by atoms with Gasteiger partial charge in [-0.3, -0.25) is 0 Å². The van der Waals surface area contributed by atoms with Gasteiger partial charge in [-0.25, -0.2) is 0 Å². The number of nitrogens with one attached hydrogen (secondary N) is 1. The first-order chi connectivity index (χ1) is 9.34. The van der Waals surface area contributed by atoms with Crippen LogP contribution in [0.3, 0.4) is 0 Å². The van der Waals surface area contributed by atoms with Crippen LogP contribution >= 0.6 is 53.8 Å². The number of H-pyrrole nitrogens is 1. The molecule has 0 saturated carbocycles. The van der Waals surface area contributed by atoms with Gasteiger partial charge in [-0.05, 0) is 59.5 Å². The maximum absolute atomic E-state index is 4.62. The van der Waals surface area contributed by atoms with Crippen LogP contribution in [0, 0.1) is 20.8 Å². The van der Waals surface area contributed by atoms with Crippen molar-refractivity contribution in [3.05, 3.63) is 27.2 Å². The van der Waals surface area contributed by atoms with Gasteiger partial charge in [-0.1, -0.05) is 0 Å². The third kappa shape index (κ3) is 1.86. The predicted molar refractivity (Wildman–Crippen MR) is 99.5 cm³/mol. The summed E-state index contributed by atoms with van der Waals surface area (Å²) in [5.74, 6) is 0. The summed E-state index contributed by atoms with van der Waals surface area (Å²) in [6, 6.07) is 2.06. The van der Waals surface area contributed by atoms with Crippen molar-refractivity contribution in [3.8, 4) is 0 Å². The third-order valence-electron chi connectivity index (χ3n) is 3.92. The quantitative estimate of drug-likeness (QED) is 0.347. The summed E-state index contributed by atoms with van der Waals surface area (Å²) in [7, 11) is 0. The van der Waals surface area contributed by atoms with Crippen LogP contribution < -0.4 is 0 Å². The Morgan fingerprint density at radius 2 is 1.50 bits per heavy atom. The molecule has 0 spiro atoms. The van der Waals surface area contributed by atoms with Crippen LogP contribution in [0.2, 0.25) is 0 Å². The zero-order chi connectivity index (χ0) is 14.8. The summed E-state index contributed by atoms with van der Waals surface area (Å²) in [5, 5.41) is 2.46. The summed E-state index contributed by atoms with van der Waals surface area (Å²) in [6.07, 6.45) is 0. The van der Waals surface area contributed by atoms with E-state index in [0.717, 1.165) is 41.3 Å². The van der Waals surface area contributed by atoms with Gasteiger partial charge >= 0.3 is 0 Å². The highest BCUT2D eigenvalue weighted by molar-refractivity contribution is 9.10. The van der Waals surface area contributed by atoms with E-state index in [2.05, 4.69) is 85.6 Å². The number of rotatable bonds is 0. The van der Waals surface area contributed by atoms with E-state index >= 15 is 0 Å². The molecule has 1 nitrogen and oxygen atoms in total. The number of aryl methyl sites for hydroxylation is 3. The fourth-order valence-corrected chi connectivity index (χ4v) is 3.94. The van der Waals surface area contributed by atoms with Gasteiger partial charge in [-0.2, -0.15) is 0 Å². The van der Waals surface area contributed by atoms with Gasteiger partial charge in [-0.15, -0.1) is 37.9 Å². The van der Waals surface area contributed by atoms with Crippen molar-refractivity contribution in [2.75, 3.05) is 0 Å². The molecule has 2 aromatic carbocycles. The molecule has 0 atom stereocenters. The highest BCUT2D eigenvalue weighted by Crippen LogP contribution is 2.42. The normalized spacial score (nSPS) is 11.8. The van der Waals surface area contributed by atoms with Gasteiger partial charge in [0.15, 0.2) is 0 Å². The highest BCUT2D eigenvalue weighted by atomic mass is 79.9. The highest BCUT2D eigenvalue weighted by Gasteiger charge is 2.18. The first-order valence-corrected chi connectivity index (χ1v) is 8.32. The Morgan fingerprint density at radius 1 is 0.900 bits per heavy atom. The molecule has 1 aromatic heterocycles. The van der Waals surface area contributed by atoms with Crippen molar-refractivity contribution in [1.82, 2.24) is 4.98 Å². The molecular formula is C15H14BrNS3. The van der Waals surface area contributed by atoms with E-state index in [1.807, 2.05) is 0 Å². The summed E-state index contributed by atoms with van der Waals surface area (Å²) >= 11 is 17.3. The average Bonchev–Trinajstić information content (AvgIpc) is 2.79. The number of aromatic amines is 1. The molecule has 5 heteroatoms. The monoisotopic (exact) mass is 383 g/mol. The summed E-state index contributed by atoms with van der Waals surface area (Å²) in [4.78, 5) is 6.34. The fourth-order valence-electron chi connectivity index (χ4n) is 2.77. The largest absolute Gasteiger partial charge is 0.354 e. The summed E-state index contributed by atoms with van der Waals surface area (Å²) in [5.41, 5.74) is 5.72. The molecule has 0 fully saturated rings. The molecule has 0 aliphatic heterocycles. The summed E-state index contributed by atoms with van der Waals surface area (Å²) < 4.78 is 1.04. The first kappa shape index (κ1) is 14.7. The van der Waals surface area contributed by atoms with E-state index in [1.165, 1.54) is 16.3 Å². The maximum Gasteiger partial charge on any atom is 0.0509 e. The standard InChI is InChI=1S/C15H14BrNS3/c1-5-10-8(4-9(18)12(5)16)17-13-7(3)15(20)14(19)6(2)11(10)13/h4,17-20H,1-3H3. The zero-order valence-electron chi connectivity index (χ0n) is 11.3. The van der Waals surface area contributed by atoms with Crippen molar-refractivity contribution in [2.45, 2.75) is 35.5 Å². The molecular weight excluding hydrogens is 370 g/mol. The lowest BCUT2D eigenvalue weighted by atomic mass is 10.0. The Kier molecular flexibility index (Phi) is 3.60. The van der Waals surface area contributed by atoms with E-state index in [9.17, 15) is 0 Å². The molecule has 104 valence electrons. The number of thiol groups is 3. The second kappa shape index (κ2) is 4.90. The minimum Gasteiger partial charge on any atom is -0.354 e. The maximum atomic E-state index is 4.62. The van der Waals surface area contributed by atoms with Crippen molar-refractivity contribution >= 4 is 75.6 Å². The van der Waals surface area contributed by atoms with Crippen LogP contribution in [0.15, 0.2) is 25.2 Å². The molecule has 0 aliphatic carbocycles. The topological polar surface area (TPSA) is 15.8 Å². The van der Waals surface area contributed by atoms with Crippen LogP contribution in [0.1, 0.15) is 16.7 Å². The minimum atomic E-state index is 0.938. The second-order valence-electron chi connectivity index (χ2n) is 5.08. The zero-order valence-corrected chi connectivity index (χ0v) is 15.6. The van der Waals surface area contributed by atoms with E-state index in [-0.39, 0.29) is 0 Å². The minimum absolute atomic E-state index is 0.938. The molecule has 1 N–H and O–H groups in total. The Morgan fingerprint density at radius 3 is 2.15 bits per heavy atom. The first-order valence-electron chi connectivity index (χ1n) is 6.19. The van der Waals surface area contributed by atoms with Crippen LogP contribution in [0.4, 0.5) is 0 Å². The second-order valence-corrected chi connectivity index (χ2v) is 7.25. The van der Waals surface area contributed by atoms with Crippen LogP contribution in [0.25, 0.3) is 21.8 Å². The lowest BCUT2D eigenvalue weighted by Crippen LogP contribution is -1.88. The van der Waals surface area contributed by atoms with Crippen molar-refractivity contribution < 1.29 is 0 Å². The van der Waals surface area contributed by atoms with E-state index in [4.69, 9.17) is 0 Å². The van der Waals surface area contributed by atoms with Gasteiger partial charge in [0, 0.05) is 35.4 Å². The molecule has 0 unspecified atom stereocenters. The van der Waals surface area contributed by atoms with Gasteiger partial charge < -0.3 is 4.98 Å². The molecule has 3 aromatic rings. The SMILES string of the molecule is Cc1c(S)c(S)c(C)c2c1[nH]c1cc(S)c(Br)c(C)c12. The van der Waals surface area contributed by atoms with Gasteiger partial charge in [0.05, 0.1) is 5.52 Å². The van der Waals surface area contributed by atoms with Crippen LogP contribution in [0.5, 0.6) is 0 Å². The van der Waals surface area contributed by atoms with Crippen molar-refractivity contribution in [3.63, 3.8) is 0 Å². The van der Waals surface area contributed by atoms with E-state index in [0.29, 0.717) is 0 Å². The van der Waals surface area contributed by atoms with Gasteiger partial charge in [0.1, 0.15) is 0 Å². The number of halogens is 1. The lowest BCUT2D eigenvalue weighted by Gasteiger charge is -2.10. The molecule has 3 rings (SSSR count). The molecule has 0 amide bonds. The van der Waals surface area contributed by atoms with Crippen LogP contribution in [-0.4, -0.2) is 4.98 Å². The number of aromatic nitrogens is 1. The average molecular weight is 384 g/mol. The van der Waals surface area contributed by atoms with Crippen molar-refractivity contribution in [1.29, 1.82) is 0 Å². The number of hydrogen-bond acceptors (Lipinski definition) is 3. The Balaban J connectivity index is 2.69. The van der Waals surface area contributed by atoms with E-state index in [1.54, 1.807) is 0 Å². The van der Waals surface area contributed by atoms with Gasteiger partial charge in [0.25, 0.3) is 0 Å². The molecule has 1 heterocycles. The Hall–Kier alpha value is -0.230. The molecule has 0 aliphatic rings. The Bertz CT molecular complexity index is 881. The van der Waals surface area contributed by atoms with Crippen molar-refractivity contribution in [2.24, 2.45) is 0 Å². The molecule has 20 heavy (non-hydrogen) atoms. The summed E-state index contributed by atoms with van der Waals surface area (Å²) in [6.45, 7) is 6.28. The number of fused-ring (bicyclic) bond motifs is 3. The molecule has 0 bridgehead atoms. The van der Waals surface area contributed by atoms with E-state index < -0.39 is 0 Å². The predicted octanol–water partition coefficient (Wildman–Crippen LogP) is 5.87. The van der Waals surface area contributed by atoms with Crippen LogP contribution in [-0.2, 0) is 0 Å². The third-order valence-corrected chi connectivity index (χ3v) is 6.90. The fraction of sp³-hybridized carbons (Fsp3) is 0.200. The smallest absolute Gasteiger partial charge is 0.0509 e. The molecule has 0 radical (unpaired) electrons. The number of hydrogen-bond donors (Lipinski definition) is 4. The van der Waals surface area contributed by atoms with Gasteiger partial charge in [0.2, 0.25) is 0 Å². The number of benzene rings is 2. The lowest BCUT2D eigenvalue weighted by molar-refractivity contribution is 1.16.